The fraction of sp³-hybridized carbons (Fsp3) is 0.385. The van der Waals surface area contributed by atoms with Crippen LogP contribution in [0.4, 0.5) is 0 Å². The van der Waals surface area contributed by atoms with Crippen molar-refractivity contribution in [1.29, 1.82) is 0 Å². The summed E-state index contributed by atoms with van der Waals surface area (Å²) in [7, 11) is 4.20. The molecule has 4 heteroatoms. The summed E-state index contributed by atoms with van der Waals surface area (Å²) in [5.74, 6) is 0.990. The van der Waals surface area contributed by atoms with Crippen LogP contribution in [0.15, 0.2) is 22.8 Å². The Morgan fingerprint density at radius 1 is 1.41 bits per heavy atom. The molecule has 0 radical (unpaired) electrons. The largest absolute Gasteiger partial charge is 0.491 e. The molecule has 17 heavy (non-hydrogen) atoms. The van der Waals surface area contributed by atoms with Crippen molar-refractivity contribution < 1.29 is 4.74 Å². The molecular formula is C13H15BrN2O. The maximum atomic E-state index is 5.93. The van der Waals surface area contributed by atoms with Crippen LogP contribution in [0.25, 0.3) is 10.9 Å². The van der Waals surface area contributed by atoms with E-state index >= 15 is 0 Å². The molecule has 0 spiro atoms. The topological polar surface area (TPSA) is 28.3 Å². The number of hydrogen-bond acceptors (Lipinski definition) is 2. The maximum absolute atomic E-state index is 5.93. The average molecular weight is 295 g/mol. The molecule has 0 bridgehead atoms. The third kappa shape index (κ3) is 1.76. The molecule has 1 aromatic carbocycles. The third-order valence-corrected chi connectivity index (χ3v) is 4.12. The zero-order chi connectivity index (χ0) is 12.0. The second-order valence-electron chi connectivity index (χ2n) is 4.73. The SMILES string of the molecule is CN(C)C1COc2cccc3[nH]c(Br)c(c23)C1. The third-order valence-electron chi connectivity index (χ3n) is 3.44. The van der Waals surface area contributed by atoms with Crippen LogP contribution in [0.3, 0.4) is 0 Å². The lowest BCUT2D eigenvalue weighted by molar-refractivity contribution is 0.190. The van der Waals surface area contributed by atoms with E-state index in [-0.39, 0.29) is 0 Å². The van der Waals surface area contributed by atoms with Gasteiger partial charge < -0.3 is 14.6 Å². The Balaban J connectivity index is 2.18. The highest BCUT2D eigenvalue weighted by Gasteiger charge is 2.23. The van der Waals surface area contributed by atoms with Crippen molar-refractivity contribution in [2.75, 3.05) is 20.7 Å². The van der Waals surface area contributed by atoms with Crippen molar-refractivity contribution in [2.45, 2.75) is 12.5 Å². The lowest BCUT2D eigenvalue weighted by Gasteiger charge is -2.22. The predicted octanol–water partition coefficient (Wildman–Crippen LogP) is 2.80. The van der Waals surface area contributed by atoms with E-state index in [1.54, 1.807) is 0 Å². The maximum Gasteiger partial charge on any atom is 0.129 e. The van der Waals surface area contributed by atoms with E-state index < -0.39 is 0 Å². The molecule has 0 saturated heterocycles. The molecule has 2 heterocycles. The highest BCUT2D eigenvalue weighted by molar-refractivity contribution is 9.10. The van der Waals surface area contributed by atoms with Gasteiger partial charge in [0, 0.05) is 11.4 Å². The Labute approximate surface area is 109 Å². The summed E-state index contributed by atoms with van der Waals surface area (Å²) in [6.07, 6.45) is 1.00. The van der Waals surface area contributed by atoms with Gasteiger partial charge >= 0.3 is 0 Å². The molecular weight excluding hydrogens is 280 g/mol. The zero-order valence-electron chi connectivity index (χ0n) is 9.96. The predicted molar refractivity (Wildman–Crippen MR) is 72.7 cm³/mol. The van der Waals surface area contributed by atoms with Crippen molar-refractivity contribution in [1.82, 2.24) is 9.88 Å². The van der Waals surface area contributed by atoms with E-state index in [1.165, 1.54) is 10.9 Å². The van der Waals surface area contributed by atoms with Crippen LogP contribution in [0.5, 0.6) is 5.75 Å². The number of benzene rings is 1. The fourth-order valence-corrected chi connectivity index (χ4v) is 2.95. The van der Waals surface area contributed by atoms with Crippen LogP contribution >= 0.6 is 15.9 Å². The molecule has 3 nitrogen and oxygen atoms in total. The first-order chi connectivity index (χ1) is 8.16. The Kier molecular flexibility index (Phi) is 2.64. The van der Waals surface area contributed by atoms with Gasteiger partial charge in [-0.05, 0) is 54.1 Å². The van der Waals surface area contributed by atoms with Crippen LogP contribution in [0, 0.1) is 0 Å². The van der Waals surface area contributed by atoms with Crippen LogP contribution in [0.1, 0.15) is 5.56 Å². The molecule has 2 aromatic rings. The molecule has 1 unspecified atom stereocenters. The second kappa shape index (κ2) is 4.03. The van der Waals surface area contributed by atoms with E-state index in [1.807, 2.05) is 12.1 Å². The molecule has 0 amide bonds. The smallest absolute Gasteiger partial charge is 0.129 e. The number of aromatic amines is 1. The molecule has 0 saturated carbocycles. The van der Waals surface area contributed by atoms with Gasteiger partial charge in [-0.3, -0.25) is 0 Å². The van der Waals surface area contributed by atoms with Gasteiger partial charge in [0.05, 0.1) is 10.1 Å². The lowest BCUT2D eigenvalue weighted by Crippen LogP contribution is -2.34. The van der Waals surface area contributed by atoms with Crippen molar-refractivity contribution in [3.8, 4) is 5.75 Å². The monoisotopic (exact) mass is 294 g/mol. The van der Waals surface area contributed by atoms with Gasteiger partial charge in [0.15, 0.2) is 0 Å². The second-order valence-corrected chi connectivity index (χ2v) is 5.52. The fourth-order valence-electron chi connectivity index (χ4n) is 2.37. The van der Waals surface area contributed by atoms with Crippen molar-refractivity contribution >= 4 is 26.8 Å². The Hall–Kier alpha value is -1.00. The summed E-state index contributed by atoms with van der Waals surface area (Å²) in [5.41, 5.74) is 2.47. The van der Waals surface area contributed by atoms with E-state index in [2.05, 4.69) is 46.0 Å². The van der Waals surface area contributed by atoms with Crippen molar-refractivity contribution in [3.05, 3.63) is 28.4 Å². The molecule has 1 N–H and O–H groups in total. The Morgan fingerprint density at radius 2 is 2.24 bits per heavy atom. The highest BCUT2D eigenvalue weighted by Crippen LogP contribution is 2.36. The van der Waals surface area contributed by atoms with Crippen LogP contribution in [0.2, 0.25) is 0 Å². The minimum Gasteiger partial charge on any atom is -0.491 e. The zero-order valence-corrected chi connectivity index (χ0v) is 11.5. The first-order valence-corrected chi connectivity index (χ1v) is 6.54. The molecule has 90 valence electrons. The van der Waals surface area contributed by atoms with Crippen LogP contribution in [-0.4, -0.2) is 36.6 Å². The summed E-state index contributed by atoms with van der Waals surface area (Å²) < 4.78 is 7.01. The number of halogens is 1. The van der Waals surface area contributed by atoms with E-state index in [0.717, 1.165) is 28.9 Å². The van der Waals surface area contributed by atoms with Crippen molar-refractivity contribution in [2.24, 2.45) is 0 Å². The Bertz CT molecular complexity index is 562. The normalized spacial score (nSPS) is 19.4. The number of ether oxygens (including phenoxy) is 1. The van der Waals surface area contributed by atoms with Crippen molar-refractivity contribution in [3.63, 3.8) is 0 Å². The highest BCUT2D eigenvalue weighted by atomic mass is 79.9. The molecule has 3 rings (SSSR count). The summed E-state index contributed by atoms with van der Waals surface area (Å²) in [6, 6.07) is 6.58. The lowest BCUT2D eigenvalue weighted by atomic mass is 10.1. The minimum absolute atomic E-state index is 0.415. The first kappa shape index (κ1) is 11.1. The number of aromatic nitrogens is 1. The molecule has 1 aliphatic rings. The molecule has 1 atom stereocenters. The number of rotatable bonds is 1. The van der Waals surface area contributed by atoms with Gasteiger partial charge in [-0.2, -0.15) is 0 Å². The van der Waals surface area contributed by atoms with Crippen LogP contribution < -0.4 is 4.74 Å². The number of hydrogen-bond donors (Lipinski definition) is 1. The van der Waals surface area contributed by atoms with Gasteiger partial charge in [0.25, 0.3) is 0 Å². The molecule has 0 fully saturated rings. The van der Waals surface area contributed by atoms with Gasteiger partial charge in [-0.25, -0.2) is 0 Å². The summed E-state index contributed by atoms with van der Waals surface area (Å²) in [5, 5.41) is 1.23. The van der Waals surface area contributed by atoms with Gasteiger partial charge in [-0.1, -0.05) is 6.07 Å². The summed E-state index contributed by atoms with van der Waals surface area (Å²) in [6.45, 7) is 0.743. The van der Waals surface area contributed by atoms with Gasteiger partial charge in [0.2, 0.25) is 0 Å². The quantitative estimate of drug-likeness (QED) is 0.876. The van der Waals surface area contributed by atoms with Crippen LogP contribution in [-0.2, 0) is 6.42 Å². The number of nitrogens with zero attached hydrogens (tertiary/aromatic N) is 1. The van der Waals surface area contributed by atoms with E-state index in [9.17, 15) is 0 Å². The van der Waals surface area contributed by atoms with Gasteiger partial charge in [0.1, 0.15) is 12.4 Å². The molecule has 0 aliphatic carbocycles. The first-order valence-electron chi connectivity index (χ1n) is 5.75. The van der Waals surface area contributed by atoms with E-state index in [0.29, 0.717) is 6.04 Å². The van der Waals surface area contributed by atoms with E-state index in [4.69, 9.17) is 4.74 Å². The van der Waals surface area contributed by atoms with Gasteiger partial charge in [-0.15, -0.1) is 0 Å². The molecule has 1 aliphatic heterocycles. The number of nitrogens with one attached hydrogen (secondary N) is 1. The number of likely N-dealkylation sites (N-methyl/N-ethyl adjacent to an activating group) is 1. The molecule has 1 aromatic heterocycles. The standard InChI is InChI=1S/C13H15BrN2O/c1-16(2)8-6-9-12-10(15-13(9)14)4-3-5-11(12)17-7-8/h3-5,8,15H,6-7H2,1-2H3. The summed E-state index contributed by atoms with van der Waals surface area (Å²) >= 11 is 3.62. The summed E-state index contributed by atoms with van der Waals surface area (Å²) in [4.78, 5) is 5.58. The minimum atomic E-state index is 0.415. The number of H-pyrrole nitrogens is 1. The average Bonchev–Trinajstić information content (AvgIpc) is 2.49. The Morgan fingerprint density at radius 3 is 3.00 bits per heavy atom.